The number of hydrazine groups is 1. The molecule has 6 heteroatoms. The smallest absolute Gasteiger partial charge is 0.240 e. The van der Waals surface area contributed by atoms with Gasteiger partial charge in [-0.25, -0.2) is 10.8 Å². The highest BCUT2D eigenvalue weighted by molar-refractivity contribution is 5.83. The van der Waals surface area contributed by atoms with Gasteiger partial charge in [0.2, 0.25) is 5.91 Å². The Morgan fingerprint density at radius 3 is 2.69 bits per heavy atom. The van der Waals surface area contributed by atoms with Crippen molar-refractivity contribution in [2.75, 3.05) is 10.7 Å². The normalized spacial score (nSPS) is 12.2. The SMILES string of the molecule is CC(C)C(Nc1ccnc(NN)c1)C(N)=O. The number of nitrogens with zero attached hydrogens (tertiary/aromatic N) is 1. The molecule has 16 heavy (non-hydrogen) atoms. The summed E-state index contributed by atoms with van der Waals surface area (Å²) in [4.78, 5) is 15.2. The van der Waals surface area contributed by atoms with E-state index in [1.807, 2.05) is 13.8 Å². The summed E-state index contributed by atoms with van der Waals surface area (Å²) >= 11 is 0. The van der Waals surface area contributed by atoms with Crippen molar-refractivity contribution in [2.45, 2.75) is 19.9 Å². The molecule has 1 heterocycles. The molecule has 1 aromatic heterocycles. The summed E-state index contributed by atoms with van der Waals surface area (Å²) in [6.45, 7) is 3.84. The van der Waals surface area contributed by atoms with Gasteiger partial charge in [0.1, 0.15) is 11.9 Å². The highest BCUT2D eigenvalue weighted by Crippen LogP contribution is 2.14. The molecular formula is C10H17N5O. The zero-order valence-electron chi connectivity index (χ0n) is 9.40. The van der Waals surface area contributed by atoms with E-state index in [4.69, 9.17) is 11.6 Å². The first-order valence-electron chi connectivity index (χ1n) is 5.03. The van der Waals surface area contributed by atoms with Gasteiger partial charge in [0, 0.05) is 18.0 Å². The van der Waals surface area contributed by atoms with Gasteiger partial charge in [0.25, 0.3) is 0 Å². The molecular weight excluding hydrogens is 206 g/mol. The number of nitrogens with one attached hydrogen (secondary N) is 2. The van der Waals surface area contributed by atoms with Crippen LogP contribution in [0.5, 0.6) is 0 Å². The second-order valence-electron chi connectivity index (χ2n) is 3.84. The van der Waals surface area contributed by atoms with Crippen LogP contribution in [0.3, 0.4) is 0 Å². The van der Waals surface area contributed by atoms with Crippen LogP contribution >= 0.6 is 0 Å². The number of aromatic nitrogens is 1. The quantitative estimate of drug-likeness (QED) is 0.424. The molecule has 0 fully saturated rings. The maximum Gasteiger partial charge on any atom is 0.240 e. The van der Waals surface area contributed by atoms with E-state index in [9.17, 15) is 4.79 Å². The number of carbonyl (C=O) groups is 1. The number of nitrogens with two attached hydrogens (primary N) is 2. The van der Waals surface area contributed by atoms with E-state index >= 15 is 0 Å². The molecule has 1 rings (SSSR count). The Kier molecular flexibility index (Phi) is 4.07. The van der Waals surface area contributed by atoms with Crippen molar-refractivity contribution >= 4 is 17.4 Å². The molecule has 1 unspecified atom stereocenters. The van der Waals surface area contributed by atoms with Crippen molar-refractivity contribution in [2.24, 2.45) is 17.5 Å². The molecule has 1 amide bonds. The standard InChI is InChI=1S/C10H17N5O/c1-6(2)9(10(11)16)14-7-3-4-13-8(5-7)15-12/h3-6,9H,12H2,1-2H3,(H2,11,16)(H2,13,14,15). The summed E-state index contributed by atoms with van der Waals surface area (Å²) in [7, 11) is 0. The average Bonchev–Trinajstić information content (AvgIpc) is 2.25. The molecule has 0 bridgehead atoms. The van der Waals surface area contributed by atoms with Crippen molar-refractivity contribution < 1.29 is 4.79 Å². The predicted molar refractivity (Wildman–Crippen MR) is 63.5 cm³/mol. The Labute approximate surface area is 94.4 Å². The number of hydrogen-bond acceptors (Lipinski definition) is 5. The van der Waals surface area contributed by atoms with E-state index in [1.165, 1.54) is 0 Å². The number of pyridine rings is 1. The van der Waals surface area contributed by atoms with Gasteiger partial charge in [0.15, 0.2) is 0 Å². The van der Waals surface area contributed by atoms with Crippen molar-refractivity contribution in [1.82, 2.24) is 4.98 Å². The van der Waals surface area contributed by atoms with Crippen LogP contribution in [-0.2, 0) is 4.79 Å². The largest absolute Gasteiger partial charge is 0.373 e. The molecule has 0 aliphatic carbocycles. The summed E-state index contributed by atoms with van der Waals surface area (Å²) in [5, 5.41) is 3.04. The molecule has 0 aliphatic rings. The third kappa shape index (κ3) is 3.09. The van der Waals surface area contributed by atoms with Gasteiger partial charge < -0.3 is 16.5 Å². The molecule has 0 saturated heterocycles. The topological polar surface area (TPSA) is 106 Å². The lowest BCUT2D eigenvalue weighted by atomic mass is 10.0. The second kappa shape index (κ2) is 5.32. The van der Waals surface area contributed by atoms with E-state index in [-0.39, 0.29) is 11.8 Å². The molecule has 0 aromatic carbocycles. The highest BCUT2D eigenvalue weighted by Gasteiger charge is 2.18. The lowest BCUT2D eigenvalue weighted by molar-refractivity contribution is -0.119. The van der Waals surface area contributed by atoms with Gasteiger partial charge in [0.05, 0.1) is 0 Å². The summed E-state index contributed by atoms with van der Waals surface area (Å²) in [5.74, 6) is 5.49. The lowest BCUT2D eigenvalue weighted by Crippen LogP contribution is -2.39. The van der Waals surface area contributed by atoms with E-state index in [0.29, 0.717) is 5.82 Å². The average molecular weight is 223 g/mol. The number of anilines is 2. The minimum atomic E-state index is -0.409. The molecule has 0 spiro atoms. The second-order valence-corrected chi connectivity index (χ2v) is 3.84. The van der Waals surface area contributed by atoms with E-state index < -0.39 is 6.04 Å². The first-order chi connectivity index (χ1) is 7.54. The maximum absolute atomic E-state index is 11.2. The summed E-state index contributed by atoms with van der Waals surface area (Å²) < 4.78 is 0. The Balaban J connectivity index is 2.81. The van der Waals surface area contributed by atoms with Crippen molar-refractivity contribution in [1.29, 1.82) is 0 Å². The van der Waals surface area contributed by atoms with Gasteiger partial charge in [-0.05, 0) is 12.0 Å². The van der Waals surface area contributed by atoms with Gasteiger partial charge in [-0.2, -0.15) is 0 Å². The molecule has 0 aliphatic heterocycles. The zero-order chi connectivity index (χ0) is 12.1. The van der Waals surface area contributed by atoms with Gasteiger partial charge >= 0.3 is 0 Å². The van der Waals surface area contributed by atoms with Crippen LogP contribution in [0, 0.1) is 5.92 Å². The van der Waals surface area contributed by atoms with Crippen LogP contribution in [0.4, 0.5) is 11.5 Å². The van der Waals surface area contributed by atoms with Crippen LogP contribution in [0.15, 0.2) is 18.3 Å². The fourth-order valence-electron chi connectivity index (χ4n) is 1.35. The molecule has 1 aromatic rings. The van der Waals surface area contributed by atoms with E-state index in [2.05, 4.69) is 15.7 Å². The third-order valence-electron chi connectivity index (χ3n) is 2.20. The molecule has 6 N–H and O–H groups in total. The van der Waals surface area contributed by atoms with Gasteiger partial charge in [-0.1, -0.05) is 13.8 Å². The molecule has 6 nitrogen and oxygen atoms in total. The van der Waals surface area contributed by atoms with Crippen LogP contribution in [0.25, 0.3) is 0 Å². The van der Waals surface area contributed by atoms with E-state index in [1.54, 1.807) is 18.3 Å². The van der Waals surface area contributed by atoms with Gasteiger partial charge in [-0.15, -0.1) is 0 Å². The van der Waals surface area contributed by atoms with Crippen molar-refractivity contribution in [3.63, 3.8) is 0 Å². The molecule has 1 atom stereocenters. The zero-order valence-corrected chi connectivity index (χ0v) is 9.40. The number of primary amides is 1. The van der Waals surface area contributed by atoms with E-state index in [0.717, 1.165) is 5.69 Å². The number of amides is 1. The van der Waals surface area contributed by atoms with Crippen molar-refractivity contribution in [3.05, 3.63) is 18.3 Å². The van der Waals surface area contributed by atoms with Crippen LogP contribution in [-0.4, -0.2) is 16.9 Å². The van der Waals surface area contributed by atoms with Crippen LogP contribution in [0.1, 0.15) is 13.8 Å². The minimum Gasteiger partial charge on any atom is -0.373 e. The fraction of sp³-hybridized carbons (Fsp3) is 0.400. The Morgan fingerprint density at radius 2 is 2.19 bits per heavy atom. The summed E-state index contributed by atoms with van der Waals surface area (Å²) in [6.07, 6.45) is 1.59. The third-order valence-corrected chi connectivity index (χ3v) is 2.20. The number of nitrogen functional groups attached to an aromatic ring is 1. The number of carbonyl (C=O) groups excluding carboxylic acids is 1. The number of hydrogen-bond donors (Lipinski definition) is 4. The van der Waals surface area contributed by atoms with Gasteiger partial charge in [-0.3, -0.25) is 4.79 Å². The molecule has 88 valence electrons. The van der Waals surface area contributed by atoms with Crippen molar-refractivity contribution in [3.8, 4) is 0 Å². The summed E-state index contributed by atoms with van der Waals surface area (Å²) in [5.41, 5.74) is 8.48. The highest BCUT2D eigenvalue weighted by atomic mass is 16.1. The van der Waals surface area contributed by atoms with Crippen LogP contribution in [0.2, 0.25) is 0 Å². The predicted octanol–water partition coefficient (Wildman–Crippen LogP) is 0.289. The Morgan fingerprint density at radius 1 is 1.50 bits per heavy atom. The molecule has 0 saturated carbocycles. The summed E-state index contributed by atoms with van der Waals surface area (Å²) in [6, 6.07) is 3.05. The first kappa shape index (κ1) is 12.3. The lowest BCUT2D eigenvalue weighted by Gasteiger charge is -2.20. The molecule has 0 radical (unpaired) electrons. The number of rotatable bonds is 5. The van der Waals surface area contributed by atoms with Crippen LogP contribution < -0.4 is 22.3 Å². The first-order valence-corrected chi connectivity index (χ1v) is 5.03. The fourth-order valence-corrected chi connectivity index (χ4v) is 1.35. The minimum absolute atomic E-state index is 0.111. The monoisotopic (exact) mass is 223 g/mol. The maximum atomic E-state index is 11.2. The Hall–Kier alpha value is -1.82. The Bertz CT molecular complexity index is 366.